The highest BCUT2D eigenvalue weighted by atomic mass is 32.2. The third-order valence-electron chi connectivity index (χ3n) is 10.9. The number of halogens is 2. The van der Waals surface area contributed by atoms with Crippen molar-refractivity contribution in [1.29, 1.82) is 0 Å². The average Bonchev–Trinajstić information content (AvgIpc) is 4.06. The minimum Gasteiger partial charge on any atom is -0.493 e. The van der Waals surface area contributed by atoms with Crippen molar-refractivity contribution in [3.8, 4) is 22.8 Å². The summed E-state index contributed by atoms with van der Waals surface area (Å²) in [6, 6.07) is 13.8. The van der Waals surface area contributed by atoms with Crippen LogP contribution in [-0.4, -0.2) is 96.3 Å². The highest BCUT2D eigenvalue weighted by molar-refractivity contribution is 7.91. The van der Waals surface area contributed by atoms with E-state index in [2.05, 4.69) is 10.6 Å². The van der Waals surface area contributed by atoms with Gasteiger partial charge in [0.15, 0.2) is 0 Å². The molecule has 306 valence electrons. The molecule has 17 heteroatoms. The lowest BCUT2D eigenvalue weighted by atomic mass is 9.85. The van der Waals surface area contributed by atoms with Gasteiger partial charge >= 0.3 is 6.09 Å². The van der Waals surface area contributed by atoms with E-state index < -0.39 is 92.6 Å². The summed E-state index contributed by atoms with van der Waals surface area (Å²) in [4.78, 5) is 62.0. The number of alkyl halides is 2. The molecule has 0 radical (unpaired) electrons. The predicted octanol–water partition coefficient (Wildman–Crippen LogP) is 4.70. The summed E-state index contributed by atoms with van der Waals surface area (Å²) >= 11 is 0. The summed E-state index contributed by atoms with van der Waals surface area (Å²) in [7, 11) is -4.14. The van der Waals surface area contributed by atoms with Crippen molar-refractivity contribution < 1.29 is 50.6 Å². The number of hydrogen-bond acceptors (Lipinski definition) is 10. The van der Waals surface area contributed by atoms with E-state index in [1.807, 2.05) is 35.1 Å². The SMILES string of the molecule is CC1(C)CCOc2cccc(c2)-c2nc3ccccc3cc2OC2C[C@@H](C(=O)NC3(C(=O)NS(=O)(=O)C4CC4)C[C@H]3C(F)F)N(C2)C(=O)[C@H](C(C)(C)C)NC(=O)O1. The van der Waals surface area contributed by atoms with Crippen LogP contribution in [0.1, 0.15) is 66.7 Å². The Bertz CT molecular complexity index is 2210. The zero-order valence-corrected chi connectivity index (χ0v) is 33.2. The van der Waals surface area contributed by atoms with Crippen LogP contribution < -0.4 is 24.8 Å². The quantitative estimate of drug-likeness (QED) is 0.316. The second-order valence-electron chi connectivity index (χ2n) is 17.0. The summed E-state index contributed by atoms with van der Waals surface area (Å²) in [6.45, 7) is 8.57. The first-order valence-corrected chi connectivity index (χ1v) is 20.6. The van der Waals surface area contributed by atoms with E-state index in [1.165, 1.54) is 4.90 Å². The number of para-hydroxylation sites is 1. The molecule has 4 amide bonds. The number of carbonyl (C=O) groups excluding carboxylic acids is 4. The van der Waals surface area contributed by atoms with Crippen LogP contribution in [0.5, 0.6) is 11.5 Å². The zero-order chi connectivity index (χ0) is 41.1. The average molecular weight is 812 g/mol. The lowest BCUT2D eigenvalue weighted by molar-refractivity contribution is -0.143. The number of carbonyl (C=O) groups is 4. The largest absolute Gasteiger partial charge is 0.493 e. The summed E-state index contributed by atoms with van der Waals surface area (Å²) in [5, 5.41) is 5.06. The smallest absolute Gasteiger partial charge is 0.408 e. The van der Waals surface area contributed by atoms with Gasteiger partial charge in [-0.2, -0.15) is 0 Å². The topological polar surface area (TPSA) is 182 Å². The highest BCUT2D eigenvalue weighted by Crippen LogP contribution is 2.48. The minimum absolute atomic E-state index is 0.154. The second kappa shape index (κ2) is 14.7. The van der Waals surface area contributed by atoms with Gasteiger partial charge in [-0.1, -0.05) is 51.1 Å². The van der Waals surface area contributed by atoms with E-state index in [4.69, 9.17) is 19.2 Å². The van der Waals surface area contributed by atoms with E-state index in [0.29, 0.717) is 41.1 Å². The fourth-order valence-electron chi connectivity index (χ4n) is 7.40. The lowest BCUT2D eigenvalue weighted by Crippen LogP contribution is -2.60. The molecule has 4 aliphatic rings. The number of hydrogen-bond donors (Lipinski definition) is 3. The Kier molecular flexibility index (Phi) is 10.4. The lowest BCUT2D eigenvalue weighted by Gasteiger charge is -2.36. The number of cyclic esters (lactones) is 1. The second-order valence-corrected chi connectivity index (χ2v) is 19.0. The maximum atomic E-state index is 14.7. The molecular formula is C40H47F2N5O9S. The van der Waals surface area contributed by atoms with E-state index in [-0.39, 0.29) is 26.0 Å². The normalized spacial score (nSPS) is 26.5. The van der Waals surface area contributed by atoms with Gasteiger partial charge in [0.05, 0.1) is 29.8 Å². The maximum absolute atomic E-state index is 14.7. The van der Waals surface area contributed by atoms with Crippen molar-refractivity contribution in [2.75, 3.05) is 13.2 Å². The van der Waals surface area contributed by atoms with Crippen molar-refractivity contribution in [2.45, 2.75) is 108 Å². The summed E-state index contributed by atoms with van der Waals surface area (Å²) in [5.41, 5.74) is -2.40. The van der Waals surface area contributed by atoms with Crippen molar-refractivity contribution in [3.63, 3.8) is 0 Å². The summed E-state index contributed by atoms with van der Waals surface area (Å²) < 4.78 is 74.2. The number of nitrogens with one attached hydrogen (secondary N) is 3. The van der Waals surface area contributed by atoms with Crippen molar-refractivity contribution >= 4 is 44.7 Å². The molecule has 3 aromatic rings. The fourth-order valence-corrected chi connectivity index (χ4v) is 8.76. The number of nitrogens with zero attached hydrogens (tertiary/aromatic N) is 2. The Morgan fingerprint density at radius 1 is 1.05 bits per heavy atom. The molecule has 3 fully saturated rings. The highest BCUT2D eigenvalue weighted by Gasteiger charge is 2.67. The molecule has 2 saturated carbocycles. The zero-order valence-electron chi connectivity index (χ0n) is 32.3. The monoisotopic (exact) mass is 811 g/mol. The van der Waals surface area contributed by atoms with Gasteiger partial charge in [-0.3, -0.25) is 19.1 Å². The Hall–Kier alpha value is -5.06. The van der Waals surface area contributed by atoms with Gasteiger partial charge in [-0.15, -0.1) is 0 Å². The molecular weight excluding hydrogens is 765 g/mol. The van der Waals surface area contributed by atoms with Gasteiger partial charge in [0.2, 0.25) is 28.3 Å². The van der Waals surface area contributed by atoms with Crippen LogP contribution in [0.15, 0.2) is 54.6 Å². The number of aromatic nitrogens is 1. The number of alkyl carbamates (subject to hydrolysis) is 1. The number of rotatable bonds is 6. The molecule has 2 unspecified atom stereocenters. The van der Waals surface area contributed by atoms with Crippen molar-refractivity contribution in [3.05, 3.63) is 54.6 Å². The first-order valence-electron chi connectivity index (χ1n) is 19.0. The minimum atomic E-state index is -4.14. The van der Waals surface area contributed by atoms with Gasteiger partial charge in [-0.25, -0.2) is 27.0 Å². The van der Waals surface area contributed by atoms with Crippen LogP contribution in [-0.2, 0) is 29.1 Å². The first-order chi connectivity index (χ1) is 26.8. The van der Waals surface area contributed by atoms with Crippen LogP contribution in [0.25, 0.3) is 22.2 Å². The van der Waals surface area contributed by atoms with Crippen LogP contribution in [0.2, 0.25) is 0 Å². The number of pyridine rings is 1. The standard InChI is InChI=1S/C40H47F2N5O9S/c1-38(2,3)32-35(49)47-21-25(19-29(47)34(48)45-40(20-27(40)33(41)42)36(50)46-57(52,53)26-13-14-26)55-30-18-22-9-6-7-12-28(22)43-31(30)23-10-8-11-24(17-23)54-16-15-39(4,5)56-37(51)44-32/h6-12,17-18,25-27,29,32-33H,13-16,19-21H2,1-5H3,(H,44,51)(H,45,48)(H,46,50)/t25?,27-,29-,32+,40?/m0/s1. The number of sulfonamides is 1. The Labute approximate surface area is 329 Å². The van der Waals surface area contributed by atoms with E-state index in [9.17, 15) is 36.4 Å². The van der Waals surface area contributed by atoms with Crippen LogP contribution in [0.3, 0.4) is 0 Å². The number of amides is 4. The molecule has 2 aliphatic heterocycles. The molecule has 2 aliphatic carbocycles. The molecule has 4 bridgehead atoms. The van der Waals surface area contributed by atoms with Crippen molar-refractivity contribution in [2.24, 2.45) is 11.3 Å². The van der Waals surface area contributed by atoms with Crippen LogP contribution in [0.4, 0.5) is 13.6 Å². The summed E-state index contributed by atoms with van der Waals surface area (Å²) in [5.74, 6) is -3.70. The van der Waals surface area contributed by atoms with Gasteiger partial charge in [0.25, 0.3) is 5.91 Å². The molecule has 1 saturated heterocycles. The number of ether oxygens (including phenoxy) is 3. The number of benzene rings is 2. The van der Waals surface area contributed by atoms with E-state index in [0.717, 1.165) is 5.39 Å². The molecule has 14 nitrogen and oxygen atoms in total. The van der Waals surface area contributed by atoms with E-state index in [1.54, 1.807) is 58.9 Å². The molecule has 7 rings (SSSR count). The van der Waals surface area contributed by atoms with Gasteiger partial charge in [-0.05, 0) is 62.8 Å². The Morgan fingerprint density at radius 3 is 2.47 bits per heavy atom. The van der Waals surface area contributed by atoms with Crippen molar-refractivity contribution in [1.82, 2.24) is 25.2 Å². The summed E-state index contributed by atoms with van der Waals surface area (Å²) in [6.07, 6.45) is -4.55. The third-order valence-corrected chi connectivity index (χ3v) is 12.7. The number of fused-ring (bicyclic) bond motifs is 7. The molecule has 5 atom stereocenters. The molecule has 1 aromatic heterocycles. The maximum Gasteiger partial charge on any atom is 0.408 e. The third kappa shape index (κ3) is 8.48. The molecule has 2 aromatic carbocycles. The first kappa shape index (κ1) is 40.1. The van der Waals surface area contributed by atoms with Gasteiger partial charge < -0.3 is 29.7 Å². The fraction of sp³-hybridized carbons (Fsp3) is 0.525. The van der Waals surface area contributed by atoms with Crippen LogP contribution in [0, 0.1) is 11.3 Å². The predicted molar refractivity (Wildman–Crippen MR) is 204 cm³/mol. The Morgan fingerprint density at radius 2 is 1.79 bits per heavy atom. The Balaban J connectivity index is 1.28. The van der Waals surface area contributed by atoms with E-state index >= 15 is 0 Å². The molecule has 3 heterocycles. The van der Waals surface area contributed by atoms with Gasteiger partial charge in [0.1, 0.15) is 46.5 Å². The molecule has 0 spiro atoms. The molecule has 3 N–H and O–H groups in total. The van der Waals surface area contributed by atoms with Crippen LogP contribution >= 0.6 is 0 Å². The van der Waals surface area contributed by atoms with Gasteiger partial charge in [0, 0.05) is 23.8 Å². The molecule has 57 heavy (non-hydrogen) atoms.